The summed E-state index contributed by atoms with van der Waals surface area (Å²) >= 11 is 0. The molecule has 2 heterocycles. The molecule has 1 aromatic rings. The van der Waals surface area contributed by atoms with Gasteiger partial charge in [-0.15, -0.1) is 10.2 Å². The molecule has 1 amide bonds. The quantitative estimate of drug-likeness (QED) is 0.838. The monoisotopic (exact) mass is 263 g/mol. The summed E-state index contributed by atoms with van der Waals surface area (Å²) in [4.78, 5) is 13.7. The van der Waals surface area contributed by atoms with Crippen molar-refractivity contribution in [3.8, 4) is 0 Å². The summed E-state index contributed by atoms with van der Waals surface area (Å²) in [5, 5.41) is 13.7. The highest BCUT2D eigenvalue weighted by atomic mass is 16.1. The maximum absolute atomic E-state index is 11.3. The second-order valence-corrected chi connectivity index (χ2v) is 4.89. The number of piperidine rings is 1. The Morgan fingerprint density at radius 2 is 2.26 bits per heavy atom. The summed E-state index contributed by atoms with van der Waals surface area (Å²) in [5.41, 5.74) is 0.336. The molecule has 1 fully saturated rings. The minimum absolute atomic E-state index is 0.217. The third-order valence-corrected chi connectivity index (χ3v) is 3.56. The van der Waals surface area contributed by atoms with Gasteiger partial charge in [-0.1, -0.05) is 6.42 Å². The number of carbonyl (C=O) groups excluding carboxylic acids is 1. The van der Waals surface area contributed by atoms with Gasteiger partial charge in [0.25, 0.3) is 5.91 Å². The second kappa shape index (κ2) is 6.47. The van der Waals surface area contributed by atoms with Crippen LogP contribution in [0.2, 0.25) is 0 Å². The maximum Gasteiger partial charge on any atom is 0.271 e. The molecule has 0 radical (unpaired) electrons. The number of likely N-dealkylation sites (N-methyl/N-ethyl adjacent to an activating group) is 1. The largest absolute Gasteiger partial charge is 0.367 e. The summed E-state index contributed by atoms with van der Waals surface area (Å²) < 4.78 is 0. The van der Waals surface area contributed by atoms with Crippen molar-refractivity contribution in [1.82, 2.24) is 20.4 Å². The number of nitrogens with one attached hydrogen (secondary N) is 2. The summed E-state index contributed by atoms with van der Waals surface area (Å²) in [6, 6.07) is 4.02. The lowest BCUT2D eigenvalue weighted by Crippen LogP contribution is -2.40. The first-order chi connectivity index (χ1) is 9.20. The predicted molar refractivity (Wildman–Crippen MR) is 74.2 cm³/mol. The van der Waals surface area contributed by atoms with Crippen LogP contribution in [0.25, 0.3) is 0 Å². The number of hydrogen-bond donors (Lipinski definition) is 2. The van der Waals surface area contributed by atoms with Gasteiger partial charge in [0.2, 0.25) is 0 Å². The molecule has 6 heteroatoms. The molecule has 1 saturated heterocycles. The number of hydrogen-bond acceptors (Lipinski definition) is 5. The Balaban J connectivity index is 1.87. The number of rotatable bonds is 4. The zero-order valence-electron chi connectivity index (χ0n) is 11.5. The van der Waals surface area contributed by atoms with Crippen LogP contribution in [-0.2, 0) is 0 Å². The number of anilines is 1. The Kier molecular flexibility index (Phi) is 4.68. The minimum atomic E-state index is -0.217. The van der Waals surface area contributed by atoms with E-state index >= 15 is 0 Å². The molecule has 0 saturated carbocycles. The van der Waals surface area contributed by atoms with Gasteiger partial charge < -0.3 is 15.5 Å². The van der Waals surface area contributed by atoms with Gasteiger partial charge >= 0.3 is 0 Å². The second-order valence-electron chi connectivity index (χ2n) is 4.89. The van der Waals surface area contributed by atoms with E-state index in [0.717, 1.165) is 13.1 Å². The zero-order chi connectivity index (χ0) is 13.7. The van der Waals surface area contributed by atoms with Crippen molar-refractivity contribution in [2.24, 2.45) is 0 Å². The normalized spacial score (nSPS) is 20.0. The predicted octanol–water partition coefficient (Wildman–Crippen LogP) is 0.732. The molecule has 0 bridgehead atoms. The molecule has 1 aliphatic rings. The summed E-state index contributed by atoms with van der Waals surface area (Å²) in [7, 11) is 3.74. The Bertz CT molecular complexity index is 420. The molecular weight excluding hydrogens is 242 g/mol. The van der Waals surface area contributed by atoms with Gasteiger partial charge in [0.05, 0.1) is 0 Å². The van der Waals surface area contributed by atoms with Gasteiger partial charge in [0, 0.05) is 19.6 Å². The van der Waals surface area contributed by atoms with Crippen LogP contribution in [0.4, 0.5) is 5.82 Å². The van der Waals surface area contributed by atoms with Crippen molar-refractivity contribution in [3.05, 3.63) is 17.8 Å². The molecule has 6 nitrogen and oxygen atoms in total. The average Bonchev–Trinajstić information content (AvgIpc) is 2.46. The van der Waals surface area contributed by atoms with Gasteiger partial charge in [-0.3, -0.25) is 4.79 Å². The van der Waals surface area contributed by atoms with Gasteiger partial charge in [-0.2, -0.15) is 0 Å². The fourth-order valence-corrected chi connectivity index (χ4v) is 2.30. The third-order valence-electron chi connectivity index (χ3n) is 3.56. The van der Waals surface area contributed by atoms with Crippen LogP contribution < -0.4 is 10.6 Å². The van der Waals surface area contributed by atoms with E-state index in [1.807, 2.05) is 0 Å². The van der Waals surface area contributed by atoms with E-state index in [0.29, 0.717) is 17.6 Å². The molecule has 1 aromatic heterocycles. The van der Waals surface area contributed by atoms with Gasteiger partial charge in [0.1, 0.15) is 5.82 Å². The van der Waals surface area contributed by atoms with E-state index in [4.69, 9.17) is 0 Å². The molecule has 0 aliphatic carbocycles. The van der Waals surface area contributed by atoms with E-state index in [-0.39, 0.29) is 5.91 Å². The van der Waals surface area contributed by atoms with E-state index in [1.54, 1.807) is 19.2 Å². The van der Waals surface area contributed by atoms with Crippen molar-refractivity contribution in [3.63, 3.8) is 0 Å². The number of likely N-dealkylation sites (tertiary alicyclic amines) is 1. The average molecular weight is 263 g/mol. The number of aromatic nitrogens is 2. The van der Waals surface area contributed by atoms with Crippen LogP contribution in [0.5, 0.6) is 0 Å². The Morgan fingerprint density at radius 1 is 1.42 bits per heavy atom. The molecule has 1 aliphatic heterocycles. The number of nitrogens with zero attached hydrogens (tertiary/aromatic N) is 3. The molecule has 1 atom stereocenters. The first-order valence-corrected chi connectivity index (χ1v) is 6.70. The van der Waals surface area contributed by atoms with Crippen LogP contribution >= 0.6 is 0 Å². The fraction of sp³-hybridized carbons (Fsp3) is 0.615. The first kappa shape index (κ1) is 13.7. The topological polar surface area (TPSA) is 70.2 Å². The smallest absolute Gasteiger partial charge is 0.271 e. The third kappa shape index (κ3) is 3.64. The van der Waals surface area contributed by atoms with Gasteiger partial charge in [-0.05, 0) is 38.6 Å². The summed E-state index contributed by atoms with van der Waals surface area (Å²) in [6.45, 7) is 2.03. The molecular formula is C13H21N5O. The summed E-state index contributed by atoms with van der Waals surface area (Å²) in [6.07, 6.45) is 3.79. The highest BCUT2D eigenvalue weighted by Crippen LogP contribution is 2.15. The Morgan fingerprint density at radius 3 is 2.89 bits per heavy atom. The molecule has 19 heavy (non-hydrogen) atoms. The lowest BCUT2D eigenvalue weighted by molar-refractivity contribution is 0.0957. The van der Waals surface area contributed by atoms with E-state index < -0.39 is 0 Å². The Hall–Kier alpha value is -1.69. The first-order valence-electron chi connectivity index (χ1n) is 6.70. The maximum atomic E-state index is 11.3. The van der Waals surface area contributed by atoms with Crippen molar-refractivity contribution in [1.29, 1.82) is 0 Å². The zero-order valence-corrected chi connectivity index (χ0v) is 11.5. The van der Waals surface area contributed by atoms with E-state index in [2.05, 4.69) is 32.8 Å². The van der Waals surface area contributed by atoms with Crippen molar-refractivity contribution >= 4 is 11.7 Å². The van der Waals surface area contributed by atoms with Crippen LogP contribution in [-0.4, -0.2) is 54.2 Å². The SMILES string of the molecule is CNC(=O)c1ccc(NCC2CCCCN2C)nn1. The number of amides is 1. The molecule has 1 unspecified atom stereocenters. The molecule has 2 N–H and O–H groups in total. The van der Waals surface area contributed by atoms with Crippen molar-refractivity contribution in [2.45, 2.75) is 25.3 Å². The highest BCUT2D eigenvalue weighted by Gasteiger charge is 2.18. The minimum Gasteiger partial charge on any atom is -0.367 e. The van der Waals surface area contributed by atoms with Crippen LogP contribution in [0.15, 0.2) is 12.1 Å². The van der Waals surface area contributed by atoms with Crippen LogP contribution in [0.3, 0.4) is 0 Å². The number of carbonyl (C=O) groups is 1. The fourth-order valence-electron chi connectivity index (χ4n) is 2.30. The van der Waals surface area contributed by atoms with E-state index in [9.17, 15) is 4.79 Å². The Labute approximate surface area is 113 Å². The van der Waals surface area contributed by atoms with Crippen molar-refractivity contribution < 1.29 is 4.79 Å². The van der Waals surface area contributed by atoms with Crippen LogP contribution in [0, 0.1) is 0 Å². The van der Waals surface area contributed by atoms with Gasteiger partial charge in [0.15, 0.2) is 5.69 Å². The molecule has 0 aromatic carbocycles. The van der Waals surface area contributed by atoms with Gasteiger partial charge in [-0.25, -0.2) is 0 Å². The lowest BCUT2D eigenvalue weighted by Gasteiger charge is -2.32. The molecule has 104 valence electrons. The molecule has 0 spiro atoms. The standard InChI is InChI=1S/C13H21N5O/c1-14-13(19)11-6-7-12(17-16-11)15-9-10-5-3-4-8-18(10)2/h6-7,10H,3-5,8-9H2,1-2H3,(H,14,19)(H,15,17). The summed E-state index contributed by atoms with van der Waals surface area (Å²) in [5.74, 6) is 0.498. The van der Waals surface area contributed by atoms with Crippen molar-refractivity contribution in [2.75, 3.05) is 32.5 Å². The van der Waals surface area contributed by atoms with Crippen LogP contribution in [0.1, 0.15) is 29.8 Å². The highest BCUT2D eigenvalue weighted by molar-refractivity contribution is 5.91. The lowest BCUT2D eigenvalue weighted by atomic mass is 10.0. The molecule has 2 rings (SSSR count). The van der Waals surface area contributed by atoms with E-state index in [1.165, 1.54) is 19.3 Å².